The molecule has 0 radical (unpaired) electrons. The van der Waals surface area contributed by atoms with E-state index in [0.717, 1.165) is 18.5 Å². The molecule has 94 valence electrons. The van der Waals surface area contributed by atoms with Gasteiger partial charge in [0, 0.05) is 12.6 Å². The number of thiophene rings is 1. The minimum Gasteiger partial charge on any atom is -0.309 e. The monoisotopic (exact) mass is 249 g/mol. The molecule has 1 aromatic rings. The Morgan fingerprint density at radius 2 is 2.24 bits per heavy atom. The highest BCUT2D eigenvalue weighted by atomic mass is 32.1. The van der Waals surface area contributed by atoms with Gasteiger partial charge in [-0.05, 0) is 58.4 Å². The van der Waals surface area contributed by atoms with Crippen LogP contribution in [-0.4, -0.2) is 6.04 Å². The SMILES string of the molecule is CC1(C)C2CCC1(C)C(NCc1ccsc1)C2. The molecule has 1 N–H and O–H groups in total. The first-order chi connectivity index (χ1) is 8.04. The Labute approximate surface area is 109 Å². The Morgan fingerprint density at radius 3 is 2.76 bits per heavy atom. The molecule has 3 rings (SSSR count). The minimum absolute atomic E-state index is 0.508. The average molecular weight is 249 g/mol. The Hall–Kier alpha value is -0.340. The lowest BCUT2D eigenvalue weighted by Gasteiger charge is -2.39. The maximum Gasteiger partial charge on any atom is 0.0216 e. The van der Waals surface area contributed by atoms with E-state index in [1.807, 2.05) is 0 Å². The summed E-state index contributed by atoms with van der Waals surface area (Å²) in [5.74, 6) is 0.937. The van der Waals surface area contributed by atoms with Crippen molar-refractivity contribution in [3.8, 4) is 0 Å². The van der Waals surface area contributed by atoms with Gasteiger partial charge in [-0.25, -0.2) is 0 Å². The van der Waals surface area contributed by atoms with E-state index >= 15 is 0 Å². The molecule has 0 spiro atoms. The fourth-order valence-corrected chi connectivity index (χ4v) is 4.82. The first-order valence-electron chi connectivity index (χ1n) is 6.78. The zero-order valence-electron chi connectivity index (χ0n) is 11.1. The van der Waals surface area contributed by atoms with Gasteiger partial charge in [0.2, 0.25) is 0 Å². The van der Waals surface area contributed by atoms with Crippen molar-refractivity contribution in [2.45, 2.75) is 52.6 Å². The van der Waals surface area contributed by atoms with Crippen LogP contribution in [0.3, 0.4) is 0 Å². The maximum atomic E-state index is 3.82. The van der Waals surface area contributed by atoms with Crippen LogP contribution in [-0.2, 0) is 6.54 Å². The zero-order chi connectivity index (χ0) is 12.1. The van der Waals surface area contributed by atoms with Crippen LogP contribution in [0.25, 0.3) is 0 Å². The second kappa shape index (κ2) is 3.83. The minimum atomic E-state index is 0.508. The van der Waals surface area contributed by atoms with Crippen molar-refractivity contribution in [1.29, 1.82) is 0 Å². The van der Waals surface area contributed by atoms with Gasteiger partial charge in [-0.2, -0.15) is 11.3 Å². The van der Waals surface area contributed by atoms with E-state index in [1.165, 1.54) is 24.8 Å². The van der Waals surface area contributed by atoms with Crippen LogP contribution < -0.4 is 5.32 Å². The molecule has 1 aromatic heterocycles. The Morgan fingerprint density at radius 1 is 1.41 bits per heavy atom. The zero-order valence-corrected chi connectivity index (χ0v) is 11.9. The van der Waals surface area contributed by atoms with Gasteiger partial charge in [0.05, 0.1) is 0 Å². The van der Waals surface area contributed by atoms with Gasteiger partial charge in [-0.1, -0.05) is 20.8 Å². The lowest BCUT2D eigenvalue weighted by atomic mass is 9.69. The van der Waals surface area contributed by atoms with Gasteiger partial charge in [0.25, 0.3) is 0 Å². The highest BCUT2D eigenvalue weighted by Gasteiger charge is 2.60. The third-order valence-corrected chi connectivity index (χ3v) is 6.66. The predicted molar refractivity (Wildman–Crippen MR) is 74.2 cm³/mol. The first kappa shape index (κ1) is 11.7. The van der Waals surface area contributed by atoms with Crippen LogP contribution in [0.4, 0.5) is 0 Å². The highest BCUT2D eigenvalue weighted by molar-refractivity contribution is 7.07. The fraction of sp³-hybridized carbons (Fsp3) is 0.733. The summed E-state index contributed by atoms with van der Waals surface area (Å²) in [6.45, 7) is 8.52. The predicted octanol–water partition coefficient (Wildman–Crippen LogP) is 4.05. The molecule has 2 fully saturated rings. The molecule has 1 nitrogen and oxygen atoms in total. The Kier molecular flexibility index (Phi) is 2.64. The summed E-state index contributed by atoms with van der Waals surface area (Å²) >= 11 is 1.80. The van der Waals surface area contributed by atoms with E-state index in [0.29, 0.717) is 10.8 Å². The molecular formula is C15H23NS. The number of nitrogens with one attached hydrogen (secondary N) is 1. The number of fused-ring (bicyclic) bond motifs is 2. The van der Waals surface area contributed by atoms with Gasteiger partial charge in [0.15, 0.2) is 0 Å². The lowest BCUT2D eigenvalue weighted by Crippen LogP contribution is -2.44. The third-order valence-electron chi connectivity index (χ3n) is 5.93. The third kappa shape index (κ3) is 1.61. The molecule has 3 atom stereocenters. The van der Waals surface area contributed by atoms with Crippen molar-refractivity contribution in [2.24, 2.45) is 16.7 Å². The molecule has 2 heteroatoms. The molecule has 2 bridgehead atoms. The standard InChI is InChI=1S/C15H23NS/c1-14(2)12-4-6-15(14,3)13(8-12)16-9-11-5-7-17-10-11/h5,7,10,12-13,16H,4,6,8-9H2,1-3H3. The van der Waals surface area contributed by atoms with E-state index in [9.17, 15) is 0 Å². The summed E-state index contributed by atoms with van der Waals surface area (Å²) in [5.41, 5.74) is 2.48. The summed E-state index contributed by atoms with van der Waals surface area (Å²) in [4.78, 5) is 0. The molecule has 0 aromatic carbocycles. The smallest absolute Gasteiger partial charge is 0.0216 e. The Balaban J connectivity index is 1.70. The molecule has 1 heterocycles. The highest BCUT2D eigenvalue weighted by Crippen LogP contribution is 2.65. The van der Waals surface area contributed by atoms with Crippen molar-refractivity contribution >= 4 is 11.3 Å². The maximum absolute atomic E-state index is 3.82. The molecular weight excluding hydrogens is 226 g/mol. The number of hydrogen-bond donors (Lipinski definition) is 1. The quantitative estimate of drug-likeness (QED) is 0.852. The van der Waals surface area contributed by atoms with Gasteiger partial charge in [-0.3, -0.25) is 0 Å². The van der Waals surface area contributed by atoms with Crippen molar-refractivity contribution in [1.82, 2.24) is 5.32 Å². The van der Waals surface area contributed by atoms with Crippen molar-refractivity contribution in [3.63, 3.8) is 0 Å². The van der Waals surface area contributed by atoms with E-state index in [2.05, 4.69) is 42.9 Å². The molecule has 0 amide bonds. The molecule has 0 saturated heterocycles. The summed E-state index contributed by atoms with van der Waals surface area (Å²) < 4.78 is 0. The van der Waals surface area contributed by atoms with Crippen LogP contribution in [0.1, 0.15) is 45.6 Å². The molecule has 2 aliphatic rings. The topological polar surface area (TPSA) is 12.0 Å². The molecule has 17 heavy (non-hydrogen) atoms. The van der Waals surface area contributed by atoms with Crippen molar-refractivity contribution in [2.75, 3.05) is 0 Å². The first-order valence-corrected chi connectivity index (χ1v) is 7.73. The van der Waals surface area contributed by atoms with Gasteiger partial charge in [-0.15, -0.1) is 0 Å². The van der Waals surface area contributed by atoms with Crippen LogP contribution >= 0.6 is 11.3 Å². The summed E-state index contributed by atoms with van der Waals surface area (Å²) in [5, 5.41) is 8.25. The van der Waals surface area contributed by atoms with Crippen LogP contribution in [0.5, 0.6) is 0 Å². The summed E-state index contributed by atoms with van der Waals surface area (Å²) in [6.07, 6.45) is 4.24. The number of rotatable bonds is 3. The fourth-order valence-electron chi connectivity index (χ4n) is 4.15. The van der Waals surface area contributed by atoms with E-state index < -0.39 is 0 Å². The largest absolute Gasteiger partial charge is 0.309 e. The average Bonchev–Trinajstić information content (AvgIpc) is 2.91. The lowest BCUT2D eigenvalue weighted by molar-refractivity contribution is 0.120. The Bertz CT molecular complexity index is 395. The molecule has 2 aliphatic carbocycles. The van der Waals surface area contributed by atoms with Gasteiger partial charge >= 0.3 is 0 Å². The van der Waals surface area contributed by atoms with E-state index in [-0.39, 0.29) is 0 Å². The van der Waals surface area contributed by atoms with E-state index in [4.69, 9.17) is 0 Å². The van der Waals surface area contributed by atoms with E-state index in [1.54, 1.807) is 11.3 Å². The van der Waals surface area contributed by atoms with Crippen molar-refractivity contribution in [3.05, 3.63) is 22.4 Å². The van der Waals surface area contributed by atoms with Gasteiger partial charge < -0.3 is 5.32 Å². The second-order valence-electron chi connectivity index (χ2n) is 6.68. The van der Waals surface area contributed by atoms with Crippen LogP contribution in [0.15, 0.2) is 16.8 Å². The van der Waals surface area contributed by atoms with Crippen molar-refractivity contribution < 1.29 is 0 Å². The van der Waals surface area contributed by atoms with Crippen LogP contribution in [0, 0.1) is 16.7 Å². The molecule has 2 saturated carbocycles. The second-order valence-corrected chi connectivity index (χ2v) is 7.46. The summed E-state index contributed by atoms with van der Waals surface area (Å²) in [6, 6.07) is 2.95. The van der Waals surface area contributed by atoms with Crippen LogP contribution in [0.2, 0.25) is 0 Å². The molecule has 0 aliphatic heterocycles. The van der Waals surface area contributed by atoms with Gasteiger partial charge in [0.1, 0.15) is 0 Å². The normalized spacial score (nSPS) is 38.8. The number of hydrogen-bond acceptors (Lipinski definition) is 2. The summed E-state index contributed by atoms with van der Waals surface area (Å²) in [7, 11) is 0. The molecule has 3 unspecified atom stereocenters.